The smallest absolute Gasteiger partial charge is 0.233 e. The first-order chi connectivity index (χ1) is 15.1. The Morgan fingerprint density at radius 3 is 2.65 bits per heavy atom. The fourth-order valence-corrected chi connectivity index (χ4v) is 4.40. The second-order valence-electron chi connectivity index (χ2n) is 7.52. The van der Waals surface area contributed by atoms with Crippen molar-refractivity contribution in [1.29, 1.82) is 0 Å². The molecule has 0 bridgehead atoms. The summed E-state index contributed by atoms with van der Waals surface area (Å²) in [5.74, 6) is 0.745. The zero-order valence-electron chi connectivity index (χ0n) is 17.5. The van der Waals surface area contributed by atoms with Gasteiger partial charge in [-0.2, -0.15) is 0 Å². The molecule has 8 heteroatoms. The van der Waals surface area contributed by atoms with Crippen molar-refractivity contribution >= 4 is 28.6 Å². The molecule has 4 rings (SSSR count). The fourth-order valence-electron chi connectivity index (χ4n) is 3.43. The lowest BCUT2D eigenvalue weighted by Gasteiger charge is -2.26. The van der Waals surface area contributed by atoms with Crippen molar-refractivity contribution in [1.82, 2.24) is 19.8 Å². The van der Waals surface area contributed by atoms with E-state index < -0.39 is 0 Å². The Morgan fingerprint density at radius 2 is 1.87 bits per heavy atom. The van der Waals surface area contributed by atoms with Crippen LogP contribution in [0.15, 0.2) is 53.6 Å². The Bertz CT molecular complexity index is 1040. The summed E-state index contributed by atoms with van der Waals surface area (Å²) in [5, 5.41) is 1.77. The van der Waals surface area contributed by atoms with E-state index in [-0.39, 0.29) is 17.5 Å². The van der Waals surface area contributed by atoms with E-state index in [4.69, 9.17) is 14.7 Å². The molecule has 0 radical (unpaired) electrons. The quantitative estimate of drug-likeness (QED) is 0.415. The highest BCUT2D eigenvalue weighted by Gasteiger charge is 2.16. The number of benzene rings is 2. The van der Waals surface area contributed by atoms with E-state index in [9.17, 15) is 9.18 Å². The summed E-state index contributed by atoms with van der Waals surface area (Å²) in [4.78, 5) is 26.1. The third kappa shape index (κ3) is 5.78. The fraction of sp³-hybridized carbons (Fsp3) is 0.348. The Kier molecular flexibility index (Phi) is 7.11. The van der Waals surface area contributed by atoms with Crippen LogP contribution < -0.4 is 0 Å². The minimum Gasteiger partial charge on any atom is -0.379 e. The molecule has 0 aliphatic carbocycles. The number of hydrogen-bond acceptors (Lipinski definition) is 6. The van der Waals surface area contributed by atoms with Gasteiger partial charge in [0.1, 0.15) is 16.7 Å². The highest BCUT2D eigenvalue weighted by atomic mass is 32.2. The molecule has 6 nitrogen and oxygen atoms in total. The van der Waals surface area contributed by atoms with Crippen molar-refractivity contribution in [2.75, 3.05) is 39.1 Å². The average molecular weight is 441 g/mol. The number of halogens is 1. The Labute approximate surface area is 185 Å². The van der Waals surface area contributed by atoms with Gasteiger partial charge in [0, 0.05) is 32.1 Å². The zero-order valence-corrected chi connectivity index (χ0v) is 18.3. The second kappa shape index (κ2) is 10.2. The molecular weight excluding hydrogens is 415 g/mol. The lowest BCUT2D eigenvalue weighted by atomic mass is 10.2. The Morgan fingerprint density at radius 1 is 1.13 bits per heavy atom. The Hall–Kier alpha value is -2.55. The summed E-state index contributed by atoms with van der Waals surface area (Å²) in [6, 6.07) is 14.1. The van der Waals surface area contributed by atoms with Gasteiger partial charge in [0.2, 0.25) is 5.91 Å². The number of fused-ring (bicyclic) bond motifs is 1. The molecule has 0 spiro atoms. The first-order valence-electron chi connectivity index (χ1n) is 10.3. The standard InChI is InChI=1S/C23H25FN4O2S/c1-27(14-17-6-8-18(24)9-7-17)22(29)16-31-23-19-4-2-3-5-20(19)25-21(26-23)15-28-10-12-30-13-11-28/h2-9H,10-16H2,1H3. The van der Waals surface area contributed by atoms with Gasteiger partial charge in [0.25, 0.3) is 0 Å². The summed E-state index contributed by atoms with van der Waals surface area (Å²) in [6.45, 7) is 4.29. The predicted molar refractivity (Wildman–Crippen MR) is 119 cm³/mol. The van der Waals surface area contributed by atoms with Gasteiger partial charge in [0.05, 0.1) is 31.0 Å². The van der Waals surface area contributed by atoms with Crippen LogP contribution in [0.4, 0.5) is 4.39 Å². The summed E-state index contributed by atoms with van der Waals surface area (Å²) < 4.78 is 18.5. The number of thioether (sulfide) groups is 1. The molecule has 0 unspecified atom stereocenters. The third-order valence-corrected chi connectivity index (χ3v) is 6.15. The lowest BCUT2D eigenvalue weighted by Crippen LogP contribution is -2.36. The molecule has 1 fully saturated rings. The van der Waals surface area contributed by atoms with Crippen molar-refractivity contribution < 1.29 is 13.9 Å². The van der Waals surface area contributed by atoms with Crippen molar-refractivity contribution in [3.63, 3.8) is 0 Å². The predicted octanol–water partition coefficient (Wildman–Crippen LogP) is 3.35. The molecule has 3 aromatic rings. The van der Waals surface area contributed by atoms with Gasteiger partial charge in [-0.1, -0.05) is 42.1 Å². The summed E-state index contributed by atoms with van der Waals surface area (Å²) in [6.07, 6.45) is 0. The summed E-state index contributed by atoms with van der Waals surface area (Å²) >= 11 is 1.43. The average Bonchev–Trinajstić information content (AvgIpc) is 2.79. The maximum atomic E-state index is 13.1. The normalized spacial score (nSPS) is 14.6. The maximum absolute atomic E-state index is 13.1. The van der Waals surface area contributed by atoms with Gasteiger partial charge in [-0.25, -0.2) is 14.4 Å². The number of amides is 1. The van der Waals surface area contributed by atoms with E-state index in [1.54, 1.807) is 24.1 Å². The van der Waals surface area contributed by atoms with Gasteiger partial charge >= 0.3 is 0 Å². The van der Waals surface area contributed by atoms with E-state index in [2.05, 4.69) is 4.90 Å². The molecule has 0 atom stereocenters. The van der Waals surface area contributed by atoms with Crippen LogP contribution in [0.25, 0.3) is 10.9 Å². The summed E-state index contributed by atoms with van der Waals surface area (Å²) in [7, 11) is 1.76. The number of morpholine rings is 1. The van der Waals surface area contributed by atoms with Crippen LogP contribution in [0.2, 0.25) is 0 Å². The molecule has 0 N–H and O–H groups in total. The molecular formula is C23H25FN4O2S. The molecule has 1 saturated heterocycles. The molecule has 1 aliphatic heterocycles. The molecule has 1 aliphatic rings. The van der Waals surface area contributed by atoms with Gasteiger partial charge in [-0.05, 0) is 23.8 Å². The molecule has 0 saturated carbocycles. The van der Waals surface area contributed by atoms with Crippen molar-refractivity contribution in [2.45, 2.75) is 18.1 Å². The van der Waals surface area contributed by atoms with Crippen LogP contribution >= 0.6 is 11.8 Å². The van der Waals surface area contributed by atoms with Crippen molar-refractivity contribution in [3.8, 4) is 0 Å². The number of rotatable bonds is 7. The number of aromatic nitrogens is 2. The maximum Gasteiger partial charge on any atom is 0.233 e. The number of carbonyl (C=O) groups is 1. The minimum atomic E-state index is -0.281. The molecule has 1 aromatic heterocycles. The van der Waals surface area contributed by atoms with Crippen LogP contribution in [-0.2, 0) is 22.6 Å². The third-order valence-electron chi connectivity index (χ3n) is 5.17. The van der Waals surface area contributed by atoms with Gasteiger partial charge in [-0.15, -0.1) is 0 Å². The van der Waals surface area contributed by atoms with Crippen LogP contribution in [0.1, 0.15) is 11.4 Å². The minimum absolute atomic E-state index is 0.00764. The van der Waals surface area contributed by atoms with E-state index in [1.807, 2.05) is 24.3 Å². The highest BCUT2D eigenvalue weighted by molar-refractivity contribution is 8.00. The van der Waals surface area contributed by atoms with Crippen LogP contribution in [0.5, 0.6) is 0 Å². The first-order valence-corrected chi connectivity index (χ1v) is 11.2. The molecule has 1 amide bonds. The largest absolute Gasteiger partial charge is 0.379 e. The monoisotopic (exact) mass is 440 g/mol. The molecule has 2 heterocycles. The number of nitrogens with zero attached hydrogens (tertiary/aromatic N) is 4. The number of carbonyl (C=O) groups excluding carboxylic acids is 1. The van der Waals surface area contributed by atoms with Crippen LogP contribution in [0, 0.1) is 5.82 Å². The summed E-state index contributed by atoms with van der Waals surface area (Å²) in [5.41, 5.74) is 1.78. The van der Waals surface area contributed by atoms with Crippen molar-refractivity contribution in [2.24, 2.45) is 0 Å². The first kappa shape index (κ1) is 21.7. The number of hydrogen-bond donors (Lipinski definition) is 0. The van der Waals surface area contributed by atoms with E-state index in [1.165, 1.54) is 23.9 Å². The van der Waals surface area contributed by atoms with E-state index in [0.29, 0.717) is 13.1 Å². The van der Waals surface area contributed by atoms with E-state index in [0.717, 1.165) is 53.6 Å². The topological polar surface area (TPSA) is 58.6 Å². The van der Waals surface area contributed by atoms with Gasteiger partial charge < -0.3 is 9.64 Å². The van der Waals surface area contributed by atoms with Gasteiger partial charge in [-0.3, -0.25) is 9.69 Å². The molecule has 162 valence electrons. The highest BCUT2D eigenvalue weighted by Crippen LogP contribution is 2.26. The SMILES string of the molecule is CN(Cc1ccc(F)cc1)C(=O)CSc1nc(CN2CCOCC2)nc2ccccc12. The van der Waals surface area contributed by atoms with Crippen LogP contribution in [-0.4, -0.2) is 64.8 Å². The Balaban J connectivity index is 1.44. The van der Waals surface area contributed by atoms with Gasteiger partial charge in [0.15, 0.2) is 0 Å². The molecule has 2 aromatic carbocycles. The number of ether oxygens (including phenoxy) is 1. The molecule has 31 heavy (non-hydrogen) atoms. The zero-order chi connectivity index (χ0) is 21.6. The lowest BCUT2D eigenvalue weighted by molar-refractivity contribution is -0.127. The van der Waals surface area contributed by atoms with Crippen molar-refractivity contribution in [3.05, 3.63) is 65.7 Å². The van der Waals surface area contributed by atoms with E-state index >= 15 is 0 Å². The number of para-hydroxylation sites is 1. The second-order valence-corrected chi connectivity index (χ2v) is 8.48. The van der Waals surface area contributed by atoms with Crippen LogP contribution in [0.3, 0.4) is 0 Å².